The second-order valence-electron chi connectivity index (χ2n) is 4.98. The van der Waals surface area contributed by atoms with E-state index in [9.17, 15) is 0 Å². The zero-order valence-corrected chi connectivity index (χ0v) is 10.9. The van der Waals surface area contributed by atoms with Gasteiger partial charge in [0.2, 0.25) is 0 Å². The maximum Gasteiger partial charge on any atom is 0.108 e. The minimum atomic E-state index is 0.456. The molecule has 0 aromatic carbocycles. The van der Waals surface area contributed by atoms with E-state index in [1.165, 1.54) is 29.7 Å². The first-order chi connectivity index (χ1) is 8.86. The van der Waals surface area contributed by atoms with Gasteiger partial charge in [-0.15, -0.1) is 0 Å². The standard InChI is InChI=1S/C15H20N2O/c1-2-17-8-6-12(11-17)10-16-14-4-3-5-15-13(14)7-9-18-15/h6-9,11,14,16H,2-5,10H2,1H3. The van der Waals surface area contributed by atoms with Crippen molar-refractivity contribution >= 4 is 0 Å². The number of hydrogen-bond donors (Lipinski definition) is 1. The summed E-state index contributed by atoms with van der Waals surface area (Å²) < 4.78 is 7.73. The van der Waals surface area contributed by atoms with Crippen molar-refractivity contribution < 1.29 is 4.42 Å². The molecule has 0 aliphatic heterocycles. The van der Waals surface area contributed by atoms with Crippen molar-refractivity contribution in [3.63, 3.8) is 0 Å². The summed E-state index contributed by atoms with van der Waals surface area (Å²) in [7, 11) is 0. The fraction of sp³-hybridized carbons (Fsp3) is 0.467. The Morgan fingerprint density at radius 2 is 2.39 bits per heavy atom. The molecular weight excluding hydrogens is 224 g/mol. The Balaban J connectivity index is 1.64. The molecule has 2 aromatic rings. The lowest BCUT2D eigenvalue weighted by Crippen LogP contribution is -2.23. The minimum Gasteiger partial charge on any atom is -0.469 e. The summed E-state index contributed by atoms with van der Waals surface area (Å²) in [6.45, 7) is 4.13. The van der Waals surface area contributed by atoms with Crippen molar-refractivity contribution in [3.05, 3.63) is 47.7 Å². The molecule has 1 unspecified atom stereocenters. The molecule has 1 aliphatic carbocycles. The lowest BCUT2D eigenvalue weighted by Gasteiger charge is -2.22. The van der Waals surface area contributed by atoms with Gasteiger partial charge in [0, 0.05) is 43.5 Å². The van der Waals surface area contributed by atoms with Gasteiger partial charge in [-0.25, -0.2) is 0 Å². The van der Waals surface area contributed by atoms with E-state index in [0.717, 1.165) is 19.5 Å². The molecule has 0 saturated heterocycles. The summed E-state index contributed by atoms with van der Waals surface area (Å²) in [6.07, 6.45) is 9.69. The van der Waals surface area contributed by atoms with E-state index >= 15 is 0 Å². The maximum absolute atomic E-state index is 5.52. The van der Waals surface area contributed by atoms with Gasteiger partial charge in [0.15, 0.2) is 0 Å². The second-order valence-corrected chi connectivity index (χ2v) is 4.98. The SMILES string of the molecule is CCn1ccc(CNC2CCCc3occc32)c1. The van der Waals surface area contributed by atoms with E-state index < -0.39 is 0 Å². The third kappa shape index (κ3) is 2.23. The molecule has 0 fully saturated rings. The summed E-state index contributed by atoms with van der Waals surface area (Å²) in [4.78, 5) is 0. The summed E-state index contributed by atoms with van der Waals surface area (Å²) in [5, 5.41) is 3.64. The van der Waals surface area contributed by atoms with Gasteiger partial charge in [-0.1, -0.05) is 0 Å². The Labute approximate surface area is 108 Å². The predicted molar refractivity (Wildman–Crippen MR) is 71.3 cm³/mol. The smallest absolute Gasteiger partial charge is 0.108 e. The zero-order chi connectivity index (χ0) is 12.4. The van der Waals surface area contributed by atoms with Gasteiger partial charge >= 0.3 is 0 Å². The van der Waals surface area contributed by atoms with Crippen molar-refractivity contribution in [3.8, 4) is 0 Å². The van der Waals surface area contributed by atoms with Gasteiger partial charge in [0.05, 0.1) is 6.26 Å². The molecule has 1 atom stereocenters. The van der Waals surface area contributed by atoms with Crippen LogP contribution in [0, 0.1) is 0 Å². The summed E-state index contributed by atoms with van der Waals surface area (Å²) >= 11 is 0. The zero-order valence-electron chi connectivity index (χ0n) is 10.9. The Hall–Kier alpha value is -1.48. The van der Waals surface area contributed by atoms with Gasteiger partial charge < -0.3 is 14.3 Å². The van der Waals surface area contributed by atoms with E-state index in [4.69, 9.17) is 4.42 Å². The number of fused-ring (bicyclic) bond motifs is 1. The van der Waals surface area contributed by atoms with E-state index in [0.29, 0.717) is 6.04 Å². The fourth-order valence-electron chi connectivity index (χ4n) is 2.73. The molecule has 2 aromatic heterocycles. The third-order valence-electron chi connectivity index (χ3n) is 3.78. The normalized spacial score (nSPS) is 18.8. The average Bonchev–Trinajstić information content (AvgIpc) is 3.05. The summed E-state index contributed by atoms with van der Waals surface area (Å²) in [5.74, 6) is 1.17. The molecule has 96 valence electrons. The number of nitrogens with one attached hydrogen (secondary N) is 1. The molecular formula is C15H20N2O. The lowest BCUT2D eigenvalue weighted by molar-refractivity contribution is 0.411. The minimum absolute atomic E-state index is 0.456. The fourth-order valence-corrected chi connectivity index (χ4v) is 2.73. The van der Waals surface area contributed by atoms with Crippen molar-refractivity contribution in [1.82, 2.24) is 9.88 Å². The molecule has 0 spiro atoms. The molecule has 0 saturated carbocycles. The van der Waals surface area contributed by atoms with E-state index in [-0.39, 0.29) is 0 Å². The molecule has 18 heavy (non-hydrogen) atoms. The van der Waals surface area contributed by atoms with Crippen molar-refractivity contribution in [2.75, 3.05) is 0 Å². The Morgan fingerprint density at radius 1 is 1.44 bits per heavy atom. The van der Waals surface area contributed by atoms with Crippen LogP contribution in [0.4, 0.5) is 0 Å². The molecule has 1 aliphatic rings. The first-order valence-corrected chi connectivity index (χ1v) is 6.81. The lowest BCUT2D eigenvalue weighted by atomic mass is 9.93. The molecule has 0 bridgehead atoms. The highest BCUT2D eigenvalue weighted by molar-refractivity contribution is 5.24. The Morgan fingerprint density at radius 3 is 3.22 bits per heavy atom. The van der Waals surface area contributed by atoms with Gasteiger partial charge in [-0.2, -0.15) is 0 Å². The van der Waals surface area contributed by atoms with Crippen molar-refractivity contribution in [2.45, 2.75) is 45.3 Å². The van der Waals surface area contributed by atoms with Crippen molar-refractivity contribution in [1.29, 1.82) is 0 Å². The van der Waals surface area contributed by atoms with Gasteiger partial charge in [-0.05, 0) is 37.5 Å². The maximum atomic E-state index is 5.52. The van der Waals surface area contributed by atoms with Gasteiger partial charge in [0.25, 0.3) is 0 Å². The highest BCUT2D eigenvalue weighted by atomic mass is 16.3. The molecule has 0 radical (unpaired) electrons. The Kier molecular flexibility index (Phi) is 3.24. The van der Waals surface area contributed by atoms with Gasteiger partial charge in [-0.3, -0.25) is 0 Å². The highest BCUT2D eigenvalue weighted by Gasteiger charge is 2.21. The molecule has 3 rings (SSSR count). The van der Waals surface area contributed by atoms with Crippen LogP contribution in [0.15, 0.2) is 35.2 Å². The van der Waals surface area contributed by atoms with E-state index in [1.54, 1.807) is 0 Å². The summed E-state index contributed by atoms with van der Waals surface area (Å²) in [5.41, 5.74) is 2.71. The monoisotopic (exact) mass is 244 g/mol. The summed E-state index contributed by atoms with van der Waals surface area (Å²) in [6, 6.07) is 4.76. The van der Waals surface area contributed by atoms with Crippen LogP contribution in [0.25, 0.3) is 0 Å². The number of hydrogen-bond acceptors (Lipinski definition) is 2. The van der Waals surface area contributed by atoms with Crippen LogP contribution >= 0.6 is 0 Å². The van der Waals surface area contributed by atoms with Crippen molar-refractivity contribution in [2.24, 2.45) is 0 Å². The number of aromatic nitrogens is 1. The predicted octanol–water partition coefficient (Wildman–Crippen LogP) is 3.27. The number of aryl methyl sites for hydroxylation is 2. The largest absolute Gasteiger partial charge is 0.469 e. The number of rotatable bonds is 4. The Bertz CT molecular complexity index is 512. The molecule has 2 heterocycles. The van der Waals surface area contributed by atoms with Crippen LogP contribution in [0.3, 0.4) is 0 Å². The van der Waals surface area contributed by atoms with Crippen LogP contribution in [-0.4, -0.2) is 4.57 Å². The van der Waals surface area contributed by atoms with Crippen LogP contribution < -0.4 is 5.32 Å². The first kappa shape index (κ1) is 11.6. The van der Waals surface area contributed by atoms with Gasteiger partial charge in [0.1, 0.15) is 5.76 Å². The van der Waals surface area contributed by atoms with Crippen LogP contribution in [0.5, 0.6) is 0 Å². The highest BCUT2D eigenvalue weighted by Crippen LogP contribution is 2.30. The molecule has 1 N–H and O–H groups in total. The second kappa shape index (κ2) is 5.02. The molecule has 0 amide bonds. The number of furan rings is 1. The van der Waals surface area contributed by atoms with E-state index in [2.05, 4.69) is 41.3 Å². The molecule has 3 heteroatoms. The van der Waals surface area contributed by atoms with Crippen LogP contribution in [0.2, 0.25) is 0 Å². The van der Waals surface area contributed by atoms with E-state index in [1.807, 2.05) is 6.26 Å². The third-order valence-corrected chi connectivity index (χ3v) is 3.78. The topological polar surface area (TPSA) is 30.1 Å². The molecule has 3 nitrogen and oxygen atoms in total. The number of nitrogens with zero attached hydrogens (tertiary/aromatic N) is 1. The van der Waals surface area contributed by atoms with Crippen LogP contribution in [0.1, 0.15) is 42.7 Å². The first-order valence-electron chi connectivity index (χ1n) is 6.81. The quantitative estimate of drug-likeness (QED) is 0.894. The average molecular weight is 244 g/mol. The van der Waals surface area contributed by atoms with Crippen LogP contribution in [-0.2, 0) is 19.5 Å².